The molecule has 3 rings (SSSR count). The van der Waals surface area contributed by atoms with E-state index in [9.17, 15) is 9.36 Å². The first-order valence-corrected chi connectivity index (χ1v) is 12.2. The summed E-state index contributed by atoms with van der Waals surface area (Å²) in [5.74, 6) is 0.977. The molecule has 0 unspecified atom stereocenters. The molecular formula is C20H28N5O8P. The van der Waals surface area contributed by atoms with Crippen molar-refractivity contribution in [2.24, 2.45) is 0 Å². The number of aryl methyl sites for hydroxylation is 2. The fraction of sp³-hybridized carbons (Fsp3) is 0.500. The summed E-state index contributed by atoms with van der Waals surface area (Å²) in [5.41, 5.74) is 2.13. The zero-order valence-electron chi connectivity index (χ0n) is 18.9. The van der Waals surface area contributed by atoms with Crippen molar-refractivity contribution in [1.82, 2.24) is 19.9 Å². The standard InChI is InChI=1S/C20H28N5O8P/c1-13-16(6-5-14(23-13)4-3-11-32-34(28,29)30)24-18-17(31-2)19(22-12-21-18)33-15-7-9-25(10-8-15)20(26)27/h5-6,12,15H,3-4,7-11H2,1-2H3,(H,26,27)(H,21,22,24)(H2,28,29,30). The van der Waals surface area contributed by atoms with Gasteiger partial charge in [-0.05, 0) is 31.9 Å². The van der Waals surface area contributed by atoms with Gasteiger partial charge in [-0.3, -0.25) is 9.51 Å². The van der Waals surface area contributed by atoms with Crippen molar-refractivity contribution in [2.75, 3.05) is 32.1 Å². The lowest BCUT2D eigenvalue weighted by atomic mass is 10.1. The highest BCUT2D eigenvalue weighted by Crippen LogP contribution is 2.36. The van der Waals surface area contributed by atoms with Crippen LogP contribution in [0.4, 0.5) is 16.3 Å². The third-order valence-electron chi connectivity index (χ3n) is 5.20. The van der Waals surface area contributed by atoms with Crippen LogP contribution in [0, 0.1) is 6.92 Å². The molecule has 0 saturated carbocycles. The minimum atomic E-state index is -4.46. The van der Waals surface area contributed by atoms with Gasteiger partial charge in [0, 0.05) is 31.6 Å². The number of ether oxygens (including phenoxy) is 2. The third kappa shape index (κ3) is 7.26. The van der Waals surface area contributed by atoms with Crippen LogP contribution in [0.15, 0.2) is 18.5 Å². The predicted molar refractivity (Wildman–Crippen MR) is 120 cm³/mol. The van der Waals surface area contributed by atoms with Crippen LogP contribution < -0.4 is 14.8 Å². The second-order valence-electron chi connectivity index (χ2n) is 7.64. The summed E-state index contributed by atoms with van der Waals surface area (Å²) >= 11 is 0. The molecule has 4 N–H and O–H groups in total. The van der Waals surface area contributed by atoms with Crippen molar-refractivity contribution in [1.29, 1.82) is 0 Å². The highest BCUT2D eigenvalue weighted by molar-refractivity contribution is 7.46. The SMILES string of the molecule is COc1c(Nc2ccc(CCCOP(=O)(O)O)nc2C)ncnc1OC1CCN(C(=O)O)CC1. The number of nitrogens with one attached hydrogen (secondary N) is 1. The lowest BCUT2D eigenvalue weighted by Gasteiger charge is -2.30. The maximum Gasteiger partial charge on any atom is 0.469 e. The Bertz CT molecular complexity index is 1040. The molecule has 186 valence electrons. The Hall–Kier alpha value is -2.99. The Morgan fingerprint density at radius 2 is 2.00 bits per heavy atom. The van der Waals surface area contributed by atoms with Crippen LogP contribution in [0.1, 0.15) is 30.7 Å². The van der Waals surface area contributed by atoms with Gasteiger partial charge in [-0.25, -0.2) is 14.3 Å². The number of amides is 1. The van der Waals surface area contributed by atoms with Crippen molar-refractivity contribution in [3.05, 3.63) is 29.8 Å². The second-order valence-corrected chi connectivity index (χ2v) is 8.87. The second kappa shape index (κ2) is 11.4. The van der Waals surface area contributed by atoms with Gasteiger partial charge in [-0.2, -0.15) is 4.98 Å². The Morgan fingerprint density at radius 1 is 1.26 bits per heavy atom. The van der Waals surface area contributed by atoms with Crippen LogP contribution in [0.25, 0.3) is 0 Å². The van der Waals surface area contributed by atoms with Gasteiger partial charge in [0.1, 0.15) is 12.4 Å². The van der Waals surface area contributed by atoms with Crippen molar-refractivity contribution >= 4 is 25.4 Å². The molecule has 2 aromatic heterocycles. The number of carboxylic acid groups (broad SMARTS) is 1. The third-order valence-corrected chi connectivity index (χ3v) is 5.72. The van der Waals surface area contributed by atoms with Crippen LogP contribution in [0.3, 0.4) is 0 Å². The molecule has 0 aliphatic carbocycles. The first-order chi connectivity index (χ1) is 16.2. The van der Waals surface area contributed by atoms with Crippen LogP contribution in [0.2, 0.25) is 0 Å². The molecule has 2 aromatic rings. The number of phosphoric acid groups is 1. The first-order valence-electron chi connectivity index (χ1n) is 10.6. The normalized spacial score (nSPS) is 14.6. The number of rotatable bonds is 10. The predicted octanol–water partition coefficient (Wildman–Crippen LogP) is 2.50. The molecule has 0 aromatic carbocycles. The van der Waals surface area contributed by atoms with Crippen LogP contribution in [-0.2, 0) is 15.5 Å². The number of hydrogen-bond acceptors (Lipinski definition) is 9. The highest BCUT2D eigenvalue weighted by Gasteiger charge is 2.25. The minimum Gasteiger partial charge on any atom is -0.489 e. The smallest absolute Gasteiger partial charge is 0.469 e. The molecule has 0 radical (unpaired) electrons. The van der Waals surface area contributed by atoms with E-state index in [-0.39, 0.29) is 18.6 Å². The summed E-state index contributed by atoms with van der Waals surface area (Å²) in [7, 11) is -2.98. The van der Waals surface area contributed by atoms with E-state index in [0.717, 1.165) is 5.69 Å². The van der Waals surface area contributed by atoms with E-state index in [4.69, 9.17) is 24.4 Å². The van der Waals surface area contributed by atoms with Gasteiger partial charge in [-0.15, -0.1) is 0 Å². The van der Waals surface area contributed by atoms with Gasteiger partial charge < -0.3 is 34.6 Å². The lowest BCUT2D eigenvalue weighted by molar-refractivity contribution is 0.0851. The number of nitrogens with zero attached hydrogens (tertiary/aromatic N) is 4. The Morgan fingerprint density at radius 3 is 2.62 bits per heavy atom. The summed E-state index contributed by atoms with van der Waals surface area (Å²) in [5, 5.41) is 12.3. The largest absolute Gasteiger partial charge is 0.489 e. The van der Waals surface area contributed by atoms with Crippen molar-refractivity contribution in [3.63, 3.8) is 0 Å². The number of anilines is 2. The fourth-order valence-electron chi connectivity index (χ4n) is 3.49. The molecule has 0 atom stereocenters. The van der Waals surface area contributed by atoms with E-state index in [2.05, 4.69) is 24.8 Å². The summed E-state index contributed by atoms with van der Waals surface area (Å²) in [4.78, 5) is 42.9. The number of carbonyl (C=O) groups is 1. The number of hydrogen-bond donors (Lipinski definition) is 4. The van der Waals surface area contributed by atoms with Crippen molar-refractivity contribution < 1.29 is 38.3 Å². The summed E-state index contributed by atoms with van der Waals surface area (Å²) in [6.07, 6.45) is 2.23. The summed E-state index contributed by atoms with van der Waals surface area (Å²) < 4.78 is 26.7. The molecule has 1 aliphatic rings. The van der Waals surface area contributed by atoms with Crippen LogP contribution >= 0.6 is 7.82 Å². The molecule has 13 nitrogen and oxygen atoms in total. The topological polar surface area (TPSA) is 176 Å². The quantitative estimate of drug-likeness (QED) is 0.279. The zero-order valence-corrected chi connectivity index (χ0v) is 19.8. The molecule has 3 heterocycles. The molecule has 0 spiro atoms. The van der Waals surface area contributed by atoms with E-state index >= 15 is 0 Å². The molecule has 1 aliphatic heterocycles. The number of methoxy groups -OCH3 is 1. The van der Waals surface area contributed by atoms with Crippen molar-refractivity contribution in [3.8, 4) is 11.6 Å². The minimum absolute atomic E-state index is 0.0682. The lowest BCUT2D eigenvalue weighted by Crippen LogP contribution is -2.41. The molecule has 14 heteroatoms. The maximum atomic E-state index is 11.1. The van der Waals surface area contributed by atoms with Crippen LogP contribution in [0.5, 0.6) is 11.6 Å². The number of aromatic nitrogens is 3. The Labute approximate surface area is 196 Å². The van der Waals surface area contributed by atoms with Gasteiger partial charge in [0.25, 0.3) is 5.88 Å². The monoisotopic (exact) mass is 497 g/mol. The van der Waals surface area contributed by atoms with E-state index in [0.29, 0.717) is 61.7 Å². The molecule has 1 saturated heterocycles. The number of likely N-dealkylation sites (tertiary alicyclic amines) is 1. The van der Waals surface area contributed by atoms with Gasteiger partial charge in [-0.1, -0.05) is 0 Å². The average Bonchev–Trinajstić information content (AvgIpc) is 2.78. The molecule has 1 amide bonds. The first kappa shape index (κ1) is 25.6. The van der Waals surface area contributed by atoms with Gasteiger partial charge in [0.2, 0.25) is 5.75 Å². The molecule has 1 fully saturated rings. The van der Waals surface area contributed by atoms with Gasteiger partial charge in [0.05, 0.1) is 25.1 Å². The van der Waals surface area contributed by atoms with E-state index in [1.807, 2.05) is 13.0 Å². The molecular weight excluding hydrogens is 469 g/mol. The molecule has 0 bridgehead atoms. The van der Waals surface area contributed by atoms with E-state index in [1.165, 1.54) is 18.3 Å². The van der Waals surface area contributed by atoms with Gasteiger partial charge >= 0.3 is 13.9 Å². The Balaban J connectivity index is 1.64. The van der Waals surface area contributed by atoms with Crippen LogP contribution in [-0.4, -0.2) is 73.7 Å². The number of piperidine rings is 1. The highest BCUT2D eigenvalue weighted by atomic mass is 31.2. The Kier molecular flexibility index (Phi) is 8.61. The average molecular weight is 497 g/mol. The zero-order chi connectivity index (χ0) is 24.7. The van der Waals surface area contributed by atoms with Crippen molar-refractivity contribution in [2.45, 2.75) is 38.7 Å². The molecule has 34 heavy (non-hydrogen) atoms. The number of phosphoric ester groups is 1. The number of pyridine rings is 1. The summed E-state index contributed by atoms with van der Waals surface area (Å²) in [6, 6.07) is 3.62. The maximum absolute atomic E-state index is 11.1. The van der Waals surface area contributed by atoms with E-state index in [1.54, 1.807) is 6.07 Å². The van der Waals surface area contributed by atoms with E-state index < -0.39 is 13.9 Å². The fourth-order valence-corrected chi connectivity index (χ4v) is 3.85. The van der Waals surface area contributed by atoms with Gasteiger partial charge in [0.15, 0.2) is 5.82 Å². The summed E-state index contributed by atoms with van der Waals surface area (Å²) in [6.45, 7) is 2.53.